The highest BCUT2D eigenvalue weighted by atomic mass is 16.5. The fourth-order valence-electron chi connectivity index (χ4n) is 3.23. The third kappa shape index (κ3) is 4.18. The molecule has 0 unspecified atom stereocenters. The summed E-state index contributed by atoms with van der Waals surface area (Å²) in [6.07, 6.45) is 6.57. The van der Waals surface area contributed by atoms with Crippen molar-refractivity contribution < 1.29 is 19.0 Å². The van der Waals surface area contributed by atoms with Crippen LogP contribution >= 0.6 is 0 Å². The van der Waals surface area contributed by atoms with Gasteiger partial charge in [0.05, 0.1) is 18.8 Å². The van der Waals surface area contributed by atoms with Gasteiger partial charge in [-0.15, -0.1) is 0 Å². The molecule has 21 heavy (non-hydrogen) atoms. The van der Waals surface area contributed by atoms with Crippen LogP contribution in [-0.2, 0) is 19.0 Å². The standard InChI is InChI=1S/C16H27NO4/c18-16(13-4-7-19-8-5-13)17-14-11-20-9-6-15(14)21-10-12-2-1-3-12/h12-15H,1-11H2,(H,17,18)/t14-,15+/m1/s1. The molecule has 2 atom stereocenters. The summed E-state index contributed by atoms with van der Waals surface area (Å²) in [6, 6.07) is 0.00849. The van der Waals surface area contributed by atoms with E-state index < -0.39 is 0 Å². The lowest BCUT2D eigenvalue weighted by molar-refractivity contribution is -0.133. The Morgan fingerprint density at radius 1 is 1.05 bits per heavy atom. The van der Waals surface area contributed by atoms with Crippen LogP contribution in [0.15, 0.2) is 0 Å². The Morgan fingerprint density at radius 3 is 2.52 bits per heavy atom. The van der Waals surface area contributed by atoms with Crippen LogP contribution in [-0.4, -0.2) is 51.1 Å². The van der Waals surface area contributed by atoms with Gasteiger partial charge in [0.2, 0.25) is 5.91 Å². The Morgan fingerprint density at radius 2 is 1.81 bits per heavy atom. The van der Waals surface area contributed by atoms with Crippen molar-refractivity contribution in [3.05, 3.63) is 0 Å². The zero-order chi connectivity index (χ0) is 14.5. The van der Waals surface area contributed by atoms with Crippen molar-refractivity contribution in [2.75, 3.05) is 33.0 Å². The summed E-state index contributed by atoms with van der Waals surface area (Å²) in [4.78, 5) is 12.3. The monoisotopic (exact) mass is 297 g/mol. The highest BCUT2D eigenvalue weighted by Gasteiger charge is 2.31. The summed E-state index contributed by atoms with van der Waals surface area (Å²) in [5, 5.41) is 3.15. The molecule has 1 aliphatic carbocycles. The van der Waals surface area contributed by atoms with Crippen LogP contribution in [0.1, 0.15) is 38.5 Å². The van der Waals surface area contributed by atoms with Gasteiger partial charge in [0, 0.05) is 32.3 Å². The van der Waals surface area contributed by atoms with Crippen molar-refractivity contribution in [2.24, 2.45) is 11.8 Å². The van der Waals surface area contributed by atoms with Crippen molar-refractivity contribution >= 4 is 5.91 Å². The smallest absolute Gasteiger partial charge is 0.223 e. The molecule has 120 valence electrons. The molecular weight excluding hydrogens is 270 g/mol. The van der Waals surface area contributed by atoms with Crippen LogP contribution in [0.5, 0.6) is 0 Å². The second-order valence-corrected chi connectivity index (χ2v) is 6.53. The lowest BCUT2D eigenvalue weighted by atomic mass is 9.86. The Bertz CT molecular complexity index is 339. The van der Waals surface area contributed by atoms with Crippen molar-refractivity contribution in [3.63, 3.8) is 0 Å². The molecule has 5 nitrogen and oxygen atoms in total. The van der Waals surface area contributed by atoms with E-state index in [1.54, 1.807) is 0 Å². The zero-order valence-corrected chi connectivity index (χ0v) is 12.7. The number of rotatable bonds is 5. The lowest BCUT2D eigenvalue weighted by Crippen LogP contribution is -2.52. The summed E-state index contributed by atoms with van der Waals surface area (Å²) >= 11 is 0. The molecule has 0 aromatic heterocycles. The van der Waals surface area contributed by atoms with Gasteiger partial charge in [-0.3, -0.25) is 4.79 Å². The van der Waals surface area contributed by atoms with Gasteiger partial charge in [0.1, 0.15) is 0 Å². The number of ether oxygens (including phenoxy) is 3. The minimum Gasteiger partial charge on any atom is -0.381 e. The Labute approximate surface area is 126 Å². The van der Waals surface area contributed by atoms with Crippen molar-refractivity contribution in [2.45, 2.75) is 50.7 Å². The van der Waals surface area contributed by atoms with E-state index >= 15 is 0 Å². The fourth-order valence-corrected chi connectivity index (χ4v) is 3.23. The first-order valence-electron chi connectivity index (χ1n) is 8.40. The number of amides is 1. The van der Waals surface area contributed by atoms with Gasteiger partial charge in [0.15, 0.2) is 0 Å². The molecule has 2 aliphatic heterocycles. The Balaban J connectivity index is 1.47. The fraction of sp³-hybridized carbons (Fsp3) is 0.938. The summed E-state index contributed by atoms with van der Waals surface area (Å²) in [5.74, 6) is 0.971. The quantitative estimate of drug-likeness (QED) is 0.835. The van der Waals surface area contributed by atoms with E-state index in [9.17, 15) is 4.79 Å². The molecule has 2 saturated heterocycles. The SMILES string of the molecule is O=C(N[C@@H]1COCC[C@@H]1OCC1CCC1)C1CCOCC1. The Hall–Kier alpha value is -0.650. The van der Waals surface area contributed by atoms with Crippen molar-refractivity contribution in [1.29, 1.82) is 0 Å². The molecule has 0 spiro atoms. The minimum atomic E-state index is 0.00849. The van der Waals surface area contributed by atoms with E-state index in [0.29, 0.717) is 19.8 Å². The number of hydrogen-bond acceptors (Lipinski definition) is 4. The maximum atomic E-state index is 12.3. The first kappa shape index (κ1) is 15.3. The van der Waals surface area contributed by atoms with Crippen LogP contribution in [0.2, 0.25) is 0 Å². The van der Waals surface area contributed by atoms with Crippen LogP contribution in [0.25, 0.3) is 0 Å². The van der Waals surface area contributed by atoms with E-state index in [0.717, 1.165) is 38.4 Å². The van der Waals surface area contributed by atoms with E-state index in [1.165, 1.54) is 19.3 Å². The van der Waals surface area contributed by atoms with Gasteiger partial charge in [-0.25, -0.2) is 0 Å². The molecule has 0 radical (unpaired) electrons. The van der Waals surface area contributed by atoms with Crippen LogP contribution in [0.3, 0.4) is 0 Å². The lowest BCUT2D eigenvalue weighted by Gasteiger charge is -2.35. The molecular formula is C16H27NO4. The van der Waals surface area contributed by atoms with E-state index in [2.05, 4.69) is 5.32 Å². The predicted molar refractivity (Wildman–Crippen MR) is 78.0 cm³/mol. The largest absolute Gasteiger partial charge is 0.381 e. The average Bonchev–Trinajstić information content (AvgIpc) is 2.48. The van der Waals surface area contributed by atoms with Crippen molar-refractivity contribution in [1.82, 2.24) is 5.32 Å². The summed E-state index contributed by atoms with van der Waals surface area (Å²) in [7, 11) is 0. The van der Waals surface area contributed by atoms with Gasteiger partial charge in [0.25, 0.3) is 0 Å². The molecule has 3 rings (SSSR count). The van der Waals surface area contributed by atoms with Gasteiger partial charge in [-0.05, 0) is 38.0 Å². The van der Waals surface area contributed by atoms with E-state index in [-0.39, 0.29) is 24.0 Å². The van der Waals surface area contributed by atoms with Gasteiger partial charge in [-0.1, -0.05) is 6.42 Å². The van der Waals surface area contributed by atoms with Gasteiger partial charge < -0.3 is 19.5 Å². The van der Waals surface area contributed by atoms with Gasteiger partial charge >= 0.3 is 0 Å². The second-order valence-electron chi connectivity index (χ2n) is 6.53. The van der Waals surface area contributed by atoms with Crippen molar-refractivity contribution in [3.8, 4) is 0 Å². The second kappa shape index (κ2) is 7.56. The average molecular weight is 297 g/mol. The molecule has 0 aromatic carbocycles. The number of carbonyl (C=O) groups excluding carboxylic acids is 1. The highest BCUT2D eigenvalue weighted by Crippen LogP contribution is 2.27. The Kier molecular flexibility index (Phi) is 5.49. The number of hydrogen-bond donors (Lipinski definition) is 1. The first-order chi connectivity index (χ1) is 10.3. The molecule has 1 N–H and O–H groups in total. The molecule has 3 aliphatic rings. The minimum absolute atomic E-state index is 0.00849. The highest BCUT2D eigenvalue weighted by molar-refractivity contribution is 5.79. The summed E-state index contributed by atoms with van der Waals surface area (Å²) < 4.78 is 16.9. The normalized spacial score (nSPS) is 31.6. The first-order valence-corrected chi connectivity index (χ1v) is 8.40. The summed E-state index contributed by atoms with van der Waals surface area (Å²) in [5.41, 5.74) is 0. The van der Waals surface area contributed by atoms with E-state index in [1.807, 2.05) is 0 Å². The third-order valence-electron chi connectivity index (χ3n) is 4.98. The maximum absolute atomic E-state index is 12.3. The topological polar surface area (TPSA) is 56.8 Å². The molecule has 0 aromatic rings. The van der Waals surface area contributed by atoms with Gasteiger partial charge in [-0.2, -0.15) is 0 Å². The summed E-state index contributed by atoms with van der Waals surface area (Å²) in [6.45, 7) is 3.54. The zero-order valence-electron chi connectivity index (χ0n) is 12.7. The molecule has 0 bridgehead atoms. The molecule has 1 amide bonds. The molecule has 5 heteroatoms. The van der Waals surface area contributed by atoms with Crippen LogP contribution < -0.4 is 5.32 Å². The van der Waals surface area contributed by atoms with E-state index in [4.69, 9.17) is 14.2 Å². The number of carbonyl (C=O) groups is 1. The molecule has 1 saturated carbocycles. The molecule has 3 fully saturated rings. The van der Waals surface area contributed by atoms with Crippen LogP contribution in [0.4, 0.5) is 0 Å². The van der Waals surface area contributed by atoms with Crippen LogP contribution in [0, 0.1) is 11.8 Å². The maximum Gasteiger partial charge on any atom is 0.223 e. The number of nitrogens with one attached hydrogen (secondary N) is 1. The molecule has 2 heterocycles. The predicted octanol–water partition coefficient (Wildman–Crippen LogP) is 1.50. The third-order valence-corrected chi connectivity index (χ3v) is 4.98.